The standard InChI is InChI=1S/C24H26O7S2/c25-32(26,18-9-3-1-4-10-18)22-20-14-15-24(31-20,17-30-21-13-7-8-16-29-21)23(22)33(27,28)19-11-5-2-6-12-19/h1-6,9-12,14-15,20-23H,7-8,13,16-17H2/t20-,21-,22+,23-,24-/m1/s1. The predicted octanol–water partition coefficient (Wildman–Crippen LogP) is 2.92. The van der Waals surface area contributed by atoms with Gasteiger partial charge in [-0.1, -0.05) is 48.6 Å². The lowest BCUT2D eigenvalue weighted by Crippen LogP contribution is -2.54. The molecule has 3 aliphatic rings. The van der Waals surface area contributed by atoms with Crippen molar-refractivity contribution in [3.8, 4) is 0 Å². The molecule has 3 heterocycles. The second-order valence-corrected chi connectivity index (χ2v) is 12.8. The van der Waals surface area contributed by atoms with Crippen LogP contribution in [0.1, 0.15) is 19.3 Å². The Labute approximate surface area is 194 Å². The molecule has 0 spiro atoms. The Morgan fingerprint density at radius 1 is 0.879 bits per heavy atom. The first kappa shape index (κ1) is 22.7. The third kappa shape index (κ3) is 3.95. The average Bonchev–Trinajstić information content (AvgIpc) is 3.42. The van der Waals surface area contributed by atoms with E-state index in [1.165, 1.54) is 24.3 Å². The van der Waals surface area contributed by atoms with Gasteiger partial charge < -0.3 is 14.2 Å². The lowest BCUT2D eigenvalue weighted by Gasteiger charge is -2.34. The summed E-state index contributed by atoms with van der Waals surface area (Å²) in [7, 11) is -8.13. The Balaban J connectivity index is 1.57. The molecule has 0 N–H and O–H groups in total. The number of ether oxygens (including phenoxy) is 3. The van der Waals surface area contributed by atoms with E-state index in [1.54, 1.807) is 48.6 Å². The summed E-state index contributed by atoms with van der Waals surface area (Å²) in [6, 6.07) is 15.8. The van der Waals surface area contributed by atoms with Crippen molar-refractivity contribution in [2.24, 2.45) is 0 Å². The van der Waals surface area contributed by atoms with Gasteiger partial charge in [-0.25, -0.2) is 16.8 Å². The van der Waals surface area contributed by atoms with Crippen LogP contribution in [0.2, 0.25) is 0 Å². The molecule has 3 aliphatic heterocycles. The van der Waals surface area contributed by atoms with E-state index in [0.29, 0.717) is 13.0 Å². The maximum absolute atomic E-state index is 13.9. The van der Waals surface area contributed by atoms with Gasteiger partial charge in [0.1, 0.15) is 16.1 Å². The summed E-state index contributed by atoms with van der Waals surface area (Å²) in [5, 5.41) is -2.66. The number of benzene rings is 2. The first-order chi connectivity index (χ1) is 15.8. The SMILES string of the molecule is O=S(=O)(c1ccccc1)[C@@H]1[C@@H](S(=O)(=O)c2ccccc2)[C@]2(CO[C@@H]3CCCCO3)C=C[C@H]1O2. The first-order valence-electron chi connectivity index (χ1n) is 11.0. The summed E-state index contributed by atoms with van der Waals surface area (Å²) < 4.78 is 73.0. The Morgan fingerprint density at radius 2 is 1.52 bits per heavy atom. The molecule has 176 valence electrons. The van der Waals surface area contributed by atoms with Gasteiger partial charge in [-0.05, 0) is 43.5 Å². The lowest BCUT2D eigenvalue weighted by molar-refractivity contribution is -0.185. The molecule has 5 atom stereocenters. The zero-order valence-corrected chi connectivity index (χ0v) is 19.6. The third-order valence-corrected chi connectivity index (χ3v) is 11.1. The van der Waals surface area contributed by atoms with E-state index in [4.69, 9.17) is 14.2 Å². The van der Waals surface area contributed by atoms with Crippen molar-refractivity contribution >= 4 is 19.7 Å². The molecule has 2 aromatic carbocycles. The van der Waals surface area contributed by atoms with E-state index in [2.05, 4.69) is 0 Å². The fourth-order valence-electron chi connectivity index (χ4n) is 4.91. The van der Waals surface area contributed by atoms with Crippen molar-refractivity contribution in [3.63, 3.8) is 0 Å². The number of sulfone groups is 2. The topological polar surface area (TPSA) is 96.0 Å². The molecule has 2 bridgehead atoms. The summed E-state index contributed by atoms with van der Waals surface area (Å²) in [6.45, 7) is 0.468. The number of hydrogen-bond acceptors (Lipinski definition) is 7. The number of hydrogen-bond donors (Lipinski definition) is 0. The second-order valence-electron chi connectivity index (χ2n) is 8.61. The minimum atomic E-state index is -4.10. The molecule has 0 amide bonds. The fraction of sp³-hybridized carbons (Fsp3) is 0.417. The summed E-state index contributed by atoms with van der Waals surface area (Å²) in [5.41, 5.74) is -1.42. The third-order valence-electron chi connectivity index (χ3n) is 6.50. The van der Waals surface area contributed by atoms with E-state index < -0.39 is 48.2 Å². The molecule has 7 nitrogen and oxygen atoms in total. The second kappa shape index (κ2) is 8.63. The largest absolute Gasteiger partial charge is 0.358 e. The van der Waals surface area contributed by atoms with Crippen LogP contribution < -0.4 is 0 Å². The maximum atomic E-state index is 13.9. The molecule has 2 aromatic rings. The summed E-state index contributed by atoms with van der Waals surface area (Å²) in [6.07, 6.45) is 4.55. The van der Waals surface area contributed by atoms with Gasteiger partial charge in [0.05, 0.1) is 22.5 Å². The Kier molecular flexibility index (Phi) is 5.95. The maximum Gasteiger partial charge on any atom is 0.185 e. The van der Waals surface area contributed by atoms with Crippen molar-refractivity contribution in [1.82, 2.24) is 0 Å². The Bertz CT molecular complexity index is 1220. The molecule has 2 fully saturated rings. The molecule has 9 heteroatoms. The average molecular weight is 491 g/mol. The minimum absolute atomic E-state index is 0.0566. The normalized spacial score (nSPS) is 31.6. The van der Waals surface area contributed by atoms with Crippen LogP contribution in [0.25, 0.3) is 0 Å². The van der Waals surface area contributed by atoms with Crippen LogP contribution in [0.3, 0.4) is 0 Å². The molecule has 2 saturated heterocycles. The van der Waals surface area contributed by atoms with Crippen LogP contribution in [-0.4, -0.2) is 58.5 Å². The Hall–Kier alpha value is -2.04. The van der Waals surface area contributed by atoms with Gasteiger partial charge in [0.2, 0.25) is 0 Å². The van der Waals surface area contributed by atoms with Crippen LogP contribution in [-0.2, 0) is 33.9 Å². The van der Waals surface area contributed by atoms with Crippen LogP contribution in [0.15, 0.2) is 82.6 Å². The van der Waals surface area contributed by atoms with Crippen molar-refractivity contribution in [2.45, 2.75) is 57.5 Å². The molecule has 0 saturated carbocycles. The Morgan fingerprint density at radius 3 is 2.12 bits per heavy atom. The van der Waals surface area contributed by atoms with Gasteiger partial charge in [-0.2, -0.15) is 0 Å². The highest BCUT2D eigenvalue weighted by molar-refractivity contribution is 7.96. The number of rotatable bonds is 7. The zero-order chi connectivity index (χ0) is 23.1. The van der Waals surface area contributed by atoms with Gasteiger partial charge in [-0.15, -0.1) is 0 Å². The molecule has 0 aromatic heterocycles. The minimum Gasteiger partial charge on any atom is -0.358 e. The first-order valence-corrected chi connectivity index (χ1v) is 14.1. The summed E-state index contributed by atoms with van der Waals surface area (Å²) in [5.74, 6) is 0. The zero-order valence-electron chi connectivity index (χ0n) is 17.9. The molecule has 0 radical (unpaired) electrons. The number of fused-ring (bicyclic) bond motifs is 2. The van der Waals surface area contributed by atoms with Crippen LogP contribution >= 0.6 is 0 Å². The lowest BCUT2D eigenvalue weighted by atomic mass is 9.94. The van der Waals surface area contributed by atoms with E-state index in [9.17, 15) is 16.8 Å². The highest BCUT2D eigenvalue weighted by Crippen LogP contribution is 2.48. The molecule has 5 rings (SSSR count). The smallest absolute Gasteiger partial charge is 0.185 e. The van der Waals surface area contributed by atoms with Crippen LogP contribution in [0.4, 0.5) is 0 Å². The van der Waals surface area contributed by atoms with E-state index in [-0.39, 0.29) is 16.4 Å². The molecular formula is C24H26O7S2. The molecule has 0 aliphatic carbocycles. The van der Waals surface area contributed by atoms with Crippen LogP contribution in [0.5, 0.6) is 0 Å². The van der Waals surface area contributed by atoms with Gasteiger partial charge in [0, 0.05) is 6.61 Å². The monoisotopic (exact) mass is 490 g/mol. The van der Waals surface area contributed by atoms with Gasteiger partial charge in [-0.3, -0.25) is 0 Å². The quantitative estimate of drug-likeness (QED) is 0.551. The van der Waals surface area contributed by atoms with Crippen LogP contribution in [0, 0.1) is 0 Å². The van der Waals surface area contributed by atoms with Gasteiger partial charge in [0.25, 0.3) is 0 Å². The predicted molar refractivity (Wildman–Crippen MR) is 121 cm³/mol. The van der Waals surface area contributed by atoms with E-state index in [1.807, 2.05) is 0 Å². The van der Waals surface area contributed by atoms with Crippen molar-refractivity contribution < 1.29 is 31.0 Å². The molecule has 33 heavy (non-hydrogen) atoms. The fourth-order valence-corrected chi connectivity index (χ4v) is 9.76. The van der Waals surface area contributed by atoms with Gasteiger partial charge >= 0.3 is 0 Å². The highest BCUT2D eigenvalue weighted by Gasteiger charge is 2.66. The molecular weight excluding hydrogens is 464 g/mol. The van der Waals surface area contributed by atoms with Crippen molar-refractivity contribution in [2.75, 3.05) is 13.2 Å². The van der Waals surface area contributed by atoms with E-state index >= 15 is 0 Å². The van der Waals surface area contributed by atoms with Crippen molar-refractivity contribution in [1.29, 1.82) is 0 Å². The van der Waals surface area contributed by atoms with E-state index in [0.717, 1.165) is 12.8 Å². The summed E-state index contributed by atoms with van der Waals surface area (Å²) in [4.78, 5) is 0.126. The van der Waals surface area contributed by atoms with Crippen molar-refractivity contribution in [3.05, 3.63) is 72.8 Å². The molecule has 0 unspecified atom stereocenters. The summed E-state index contributed by atoms with van der Waals surface area (Å²) >= 11 is 0. The van der Waals surface area contributed by atoms with Gasteiger partial charge in [0.15, 0.2) is 26.0 Å². The highest BCUT2D eigenvalue weighted by atomic mass is 32.2.